The van der Waals surface area contributed by atoms with Gasteiger partial charge in [-0.05, 0) is 77.0 Å². The molecule has 0 aromatic carbocycles. The van der Waals surface area contributed by atoms with E-state index in [0.717, 1.165) is 57.8 Å². The summed E-state index contributed by atoms with van der Waals surface area (Å²) in [5.41, 5.74) is 0. The predicted molar refractivity (Wildman–Crippen MR) is 224 cm³/mol. The largest absolute Gasteiger partial charge is 0.472 e. The van der Waals surface area contributed by atoms with Crippen molar-refractivity contribution < 1.29 is 47.8 Å². The Morgan fingerprint density at radius 1 is 0.545 bits per heavy atom. The van der Waals surface area contributed by atoms with Crippen LogP contribution in [0, 0.1) is 0 Å². The number of hydrogen-bond acceptors (Lipinski definition) is 9. The molecular weight excluding hydrogens is 719 g/mol. The molecule has 3 N–H and O–H groups in total. The fraction of sp³-hybridized carbons (Fsp3) is 0.773. The third-order valence-electron chi connectivity index (χ3n) is 8.96. The Bertz CT molecular complexity index is 1060. The number of carbonyl (C=O) groups is 2. The van der Waals surface area contributed by atoms with E-state index in [9.17, 15) is 24.2 Å². The molecule has 0 rings (SSSR count). The average Bonchev–Trinajstić information content (AvgIpc) is 3.17. The van der Waals surface area contributed by atoms with Crippen LogP contribution < -0.4 is 0 Å². The summed E-state index contributed by atoms with van der Waals surface area (Å²) in [5, 5.41) is 18.3. The summed E-state index contributed by atoms with van der Waals surface area (Å²) in [5.74, 6) is -0.977. The van der Waals surface area contributed by atoms with E-state index in [1.807, 2.05) is 0 Å². The van der Waals surface area contributed by atoms with E-state index in [4.69, 9.17) is 19.1 Å². The number of unbranched alkanes of at least 4 members (excludes halogenated alkanes) is 18. The number of allylic oxidation sites excluding steroid dienone is 8. The zero-order chi connectivity index (χ0) is 40.5. The van der Waals surface area contributed by atoms with Crippen molar-refractivity contribution in [1.29, 1.82) is 0 Å². The summed E-state index contributed by atoms with van der Waals surface area (Å²) in [4.78, 5) is 34.9. The highest BCUT2D eigenvalue weighted by molar-refractivity contribution is 7.47. The van der Waals surface area contributed by atoms with E-state index in [2.05, 4.69) is 67.0 Å². The first kappa shape index (κ1) is 52.9. The highest BCUT2D eigenvalue weighted by Gasteiger charge is 2.27. The Morgan fingerprint density at radius 2 is 0.945 bits per heavy atom. The molecule has 320 valence electrons. The molecule has 0 aromatic heterocycles. The topological polar surface area (TPSA) is 149 Å². The molecule has 0 amide bonds. The lowest BCUT2D eigenvalue weighted by molar-refractivity contribution is -0.161. The molecule has 0 aliphatic rings. The van der Waals surface area contributed by atoms with Crippen molar-refractivity contribution in [1.82, 2.24) is 0 Å². The van der Waals surface area contributed by atoms with Crippen LogP contribution in [0.25, 0.3) is 0 Å². The summed E-state index contributed by atoms with van der Waals surface area (Å²) in [6.45, 7) is 2.30. The molecule has 0 aromatic rings. The van der Waals surface area contributed by atoms with Gasteiger partial charge < -0.3 is 24.6 Å². The molecule has 0 aliphatic carbocycles. The number of ether oxygens (including phenoxy) is 2. The van der Waals surface area contributed by atoms with Crippen LogP contribution in [0.2, 0.25) is 0 Å². The van der Waals surface area contributed by atoms with Gasteiger partial charge in [0.05, 0.1) is 19.8 Å². The summed E-state index contributed by atoms with van der Waals surface area (Å²) >= 11 is 0. The Kier molecular flexibility index (Phi) is 38.6. The summed E-state index contributed by atoms with van der Waals surface area (Å²) in [6.07, 6.45) is 42.2. The van der Waals surface area contributed by atoms with Crippen LogP contribution in [0.1, 0.15) is 181 Å². The maximum atomic E-state index is 12.6. The van der Waals surface area contributed by atoms with Gasteiger partial charge in [-0.15, -0.1) is 0 Å². The molecule has 10 nitrogen and oxygen atoms in total. The molecule has 11 heteroatoms. The molecule has 1 unspecified atom stereocenters. The van der Waals surface area contributed by atoms with Gasteiger partial charge in [-0.2, -0.15) is 0 Å². The van der Waals surface area contributed by atoms with Crippen molar-refractivity contribution in [2.75, 3.05) is 26.4 Å². The van der Waals surface area contributed by atoms with Gasteiger partial charge in [0.15, 0.2) is 6.10 Å². The Morgan fingerprint density at radius 3 is 1.51 bits per heavy atom. The van der Waals surface area contributed by atoms with Crippen LogP contribution in [0.3, 0.4) is 0 Å². The number of rotatable bonds is 40. The molecule has 0 radical (unpaired) electrons. The minimum Gasteiger partial charge on any atom is -0.462 e. The quantitative estimate of drug-likeness (QED) is 0.0237. The van der Waals surface area contributed by atoms with E-state index in [-0.39, 0.29) is 19.4 Å². The van der Waals surface area contributed by atoms with Gasteiger partial charge in [0.2, 0.25) is 0 Å². The molecule has 0 fully saturated rings. The van der Waals surface area contributed by atoms with Crippen molar-refractivity contribution >= 4 is 19.8 Å². The number of hydrogen-bond donors (Lipinski definition) is 3. The van der Waals surface area contributed by atoms with Gasteiger partial charge in [-0.1, -0.05) is 140 Å². The lowest BCUT2D eigenvalue weighted by Gasteiger charge is -2.20. The number of aliphatic hydroxyl groups is 2. The zero-order valence-corrected chi connectivity index (χ0v) is 35.5. The summed E-state index contributed by atoms with van der Waals surface area (Å²) in [7, 11) is -4.63. The zero-order valence-electron chi connectivity index (χ0n) is 34.6. The molecule has 0 heterocycles. The maximum Gasteiger partial charge on any atom is 0.472 e. The number of phosphoric acid groups is 1. The molecule has 3 atom stereocenters. The first-order valence-corrected chi connectivity index (χ1v) is 23.1. The number of phosphoric ester groups is 1. The number of aliphatic hydroxyl groups excluding tert-OH is 2. The molecule has 0 aliphatic heterocycles. The Balaban J connectivity index is 4.38. The van der Waals surface area contributed by atoms with Gasteiger partial charge >= 0.3 is 19.8 Å². The van der Waals surface area contributed by atoms with Crippen molar-refractivity contribution in [3.63, 3.8) is 0 Å². The van der Waals surface area contributed by atoms with Crippen LogP contribution in [0.5, 0.6) is 0 Å². The Hall–Kier alpha value is -2.07. The number of carbonyl (C=O) groups excluding carboxylic acids is 2. The van der Waals surface area contributed by atoms with Crippen molar-refractivity contribution in [3.05, 3.63) is 48.6 Å². The predicted octanol–water partition coefficient (Wildman–Crippen LogP) is 11.3. The lowest BCUT2D eigenvalue weighted by Crippen LogP contribution is -2.29. The molecule has 0 bridgehead atoms. The van der Waals surface area contributed by atoms with E-state index in [0.29, 0.717) is 12.8 Å². The number of esters is 2. The van der Waals surface area contributed by atoms with E-state index in [1.165, 1.54) is 83.5 Å². The van der Waals surface area contributed by atoms with E-state index < -0.39 is 51.8 Å². The monoisotopic (exact) mass is 799 g/mol. The first-order chi connectivity index (χ1) is 26.7. The molecule has 0 saturated heterocycles. The maximum absolute atomic E-state index is 12.6. The third kappa shape index (κ3) is 39.9. The second-order valence-electron chi connectivity index (χ2n) is 14.4. The van der Waals surface area contributed by atoms with Crippen LogP contribution in [-0.2, 0) is 32.7 Å². The molecule has 0 saturated carbocycles. The van der Waals surface area contributed by atoms with Crippen molar-refractivity contribution in [3.8, 4) is 0 Å². The average molecular weight is 799 g/mol. The summed E-state index contributed by atoms with van der Waals surface area (Å²) in [6, 6.07) is 0. The van der Waals surface area contributed by atoms with Crippen molar-refractivity contribution in [2.24, 2.45) is 0 Å². The normalized spacial score (nSPS) is 14.3. The second-order valence-corrected chi connectivity index (χ2v) is 15.8. The SMILES string of the molecule is CCCCC/C=C/C/C=C/C/C=C/CCCCCCC(=O)O[C@H](COC(=O)CCCC/C=C/CCCCCCCCCCC)COP(=O)(O)OC[C@@H](O)CO. The molecular formula is C44H79O10P. The lowest BCUT2D eigenvalue weighted by atomic mass is 10.1. The standard InChI is InChI=1S/C44H79O10P/c1-3-5-7-9-11-13-15-17-19-20-22-24-26-28-30-32-34-36-44(48)54-42(40-53-55(49,50)52-38-41(46)37-45)39-51-43(47)35-33-31-29-27-25-23-21-18-16-14-12-10-8-6-4-2/h11,13,17,19,22,24-25,27,41-42,45-46H,3-10,12,14-16,18,20-21,23,26,28-40H2,1-2H3,(H,49,50)/b13-11+,19-17+,24-22+,27-25+/t41-,42+/m0/s1. The van der Waals surface area contributed by atoms with Gasteiger partial charge in [-0.25, -0.2) is 4.57 Å². The van der Waals surface area contributed by atoms with E-state index >= 15 is 0 Å². The molecule has 0 spiro atoms. The minimum atomic E-state index is -4.63. The minimum absolute atomic E-state index is 0.154. The van der Waals surface area contributed by atoms with Crippen LogP contribution >= 0.6 is 7.82 Å². The smallest absolute Gasteiger partial charge is 0.462 e. The highest BCUT2D eigenvalue weighted by atomic mass is 31.2. The van der Waals surface area contributed by atoms with Crippen LogP contribution in [0.4, 0.5) is 0 Å². The fourth-order valence-electron chi connectivity index (χ4n) is 5.58. The van der Waals surface area contributed by atoms with Gasteiger partial charge in [0.25, 0.3) is 0 Å². The van der Waals surface area contributed by atoms with Crippen molar-refractivity contribution in [2.45, 2.75) is 193 Å². The van der Waals surface area contributed by atoms with E-state index in [1.54, 1.807) is 0 Å². The highest BCUT2D eigenvalue weighted by Crippen LogP contribution is 2.43. The van der Waals surface area contributed by atoms with Gasteiger partial charge in [0.1, 0.15) is 12.7 Å². The Labute approximate surface area is 334 Å². The van der Waals surface area contributed by atoms with Gasteiger partial charge in [-0.3, -0.25) is 18.6 Å². The fourth-order valence-corrected chi connectivity index (χ4v) is 6.37. The second kappa shape index (κ2) is 40.1. The summed E-state index contributed by atoms with van der Waals surface area (Å²) < 4.78 is 32.7. The van der Waals surface area contributed by atoms with Crippen LogP contribution in [0.15, 0.2) is 48.6 Å². The van der Waals surface area contributed by atoms with Crippen LogP contribution in [-0.4, -0.2) is 65.7 Å². The first-order valence-electron chi connectivity index (χ1n) is 21.6. The third-order valence-corrected chi connectivity index (χ3v) is 9.91. The van der Waals surface area contributed by atoms with Gasteiger partial charge in [0, 0.05) is 12.8 Å². The molecule has 55 heavy (non-hydrogen) atoms.